The highest BCUT2D eigenvalue weighted by Crippen LogP contribution is 2.28. The van der Waals surface area contributed by atoms with Gasteiger partial charge in [0.2, 0.25) is 0 Å². The molecule has 0 bridgehead atoms. The van der Waals surface area contributed by atoms with Crippen LogP contribution in [0, 0.1) is 5.82 Å². The van der Waals surface area contributed by atoms with Crippen molar-refractivity contribution >= 4 is 5.91 Å². The molecule has 0 aromatic heterocycles. The number of hydrogen-bond donors (Lipinski definition) is 1. The molecule has 0 unspecified atom stereocenters. The van der Waals surface area contributed by atoms with E-state index in [1.165, 1.54) is 6.07 Å². The molecule has 1 atom stereocenters. The Labute approximate surface area is 116 Å². The lowest BCUT2D eigenvalue weighted by atomic mass is 10.1. The highest BCUT2D eigenvalue weighted by molar-refractivity contribution is 5.82. The number of rotatable bonds is 3. The van der Waals surface area contributed by atoms with E-state index in [1.807, 2.05) is 24.3 Å². The highest BCUT2D eigenvalue weighted by Gasteiger charge is 2.28. The van der Waals surface area contributed by atoms with Crippen molar-refractivity contribution in [3.05, 3.63) is 65.5 Å². The molecule has 0 saturated carbocycles. The van der Waals surface area contributed by atoms with E-state index in [2.05, 4.69) is 5.32 Å². The fraction of sp³-hybridized carbons (Fsp3) is 0.188. The zero-order valence-electron chi connectivity index (χ0n) is 10.8. The summed E-state index contributed by atoms with van der Waals surface area (Å²) in [5.74, 6) is 0.214. The van der Waals surface area contributed by atoms with Crippen LogP contribution < -0.4 is 10.1 Å². The molecule has 3 rings (SSSR count). The third-order valence-corrected chi connectivity index (χ3v) is 3.35. The predicted octanol–water partition coefficient (Wildman–Crippen LogP) is 2.45. The minimum absolute atomic E-state index is 0.168. The van der Waals surface area contributed by atoms with E-state index in [0.717, 1.165) is 11.3 Å². The van der Waals surface area contributed by atoms with Crippen LogP contribution in [0.25, 0.3) is 0 Å². The van der Waals surface area contributed by atoms with Gasteiger partial charge < -0.3 is 10.1 Å². The van der Waals surface area contributed by atoms with E-state index in [1.54, 1.807) is 18.2 Å². The molecule has 1 amide bonds. The number of para-hydroxylation sites is 1. The van der Waals surface area contributed by atoms with Crippen LogP contribution in [0.3, 0.4) is 0 Å². The van der Waals surface area contributed by atoms with E-state index in [4.69, 9.17) is 4.74 Å². The molecular formula is C16H14FNO2. The Balaban J connectivity index is 1.61. The summed E-state index contributed by atoms with van der Waals surface area (Å²) in [6, 6.07) is 14.0. The van der Waals surface area contributed by atoms with Crippen molar-refractivity contribution in [2.24, 2.45) is 0 Å². The first-order valence-electron chi connectivity index (χ1n) is 6.50. The Bertz CT molecular complexity index is 617. The summed E-state index contributed by atoms with van der Waals surface area (Å²) in [6.45, 7) is 0.168. The maximum Gasteiger partial charge on any atom is 0.261 e. The lowest BCUT2D eigenvalue weighted by Gasteiger charge is -2.11. The largest absolute Gasteiger partial charge is 0.480 e. The van der Waals surface area contributed by atoms with Crippen molar-refractivity contribution in [2.45, 2.75) is 19.1 Å². The van der Waals surface area contributed by atoms with Gasteiger partial charge in [0.1, 0.15) is 11.6 Å². The molecule has 0 saturated heterocycles. The molecule has 3 nitrogen and oxygen atoms in total. The summed E-state index contributed by atoms with van der Waals surface area (Å²) in [7, 11) is 0. The normalized spacial score (nSPS) is 16.4. The molecule has 1 aliphatic heterocycles. The lowest BCUT2D eigenvalue weighted by molar-refractivity contribution is -0.127. The van der Waals surface area contributed by atoms with E-state index >= 15 is 0 Å². The molecule has 2 aromatic carbocycles. The first kappa shape index (κ1) is 12.7. The second-order valence-electron chi connectivity index (χ2n) is 4.73. The van der Waals surface area contributed by atoms with Crippen LogP contribution in [0.2, 0.25) is 0 Å². The molecule has 1 N–H and O–H groups in total. The molecule has 0 spiro atoms. The second-order valence-corrected chi connectivity index (χ2v) is 4.73. The quantitative estimate of drug-likeness (QED) is 0.931. The van der Waals surface area contributed by atoms with Gasteiger partial charge >= 0.3 is 0 Å². The fourth-order valence-electron chi connectivity index (χ4n) is 2.27. The lowest BCUT2D eigenvalue weighted by Crippen LogP contribution is -2.37. The molecule has 1 aliphatic rings. The van der Waals surface area contributed by atoms with Crippen molar-refractivity contribution in [1.29, 1.82) is 0 Å². The Kier molecular flexibility index (Phi) is 3.37. The van der Waals surface area contributed by atoms with Gasteiger partial charge in [0.25, 0.3) is 5.91 Å². The predicted molar refractivity (Wildman–Crippen MR) is 72.8 cm³/mol. The minimum atomic E-state index is -0.529. The molecular weight excluding hydrogens is 257 g/mol. The van der Waals surface area contributed by atoms with E-state index in [9.17, 15) is 9.18 Å². The average molecular weight is 271 g/mol. The van der Waals surface area contributed by atoms with Gasteiger partial charge in [-0.2, -0.15) is 0 Å². The summed E-state index contributed by atoms with van der Waals surface area (Å²) in [5.41, 5.74) is 1.50. The molecule has 2 aromatic rings. The number of ether oxygens (including phenoxy) is 1. The monoisotopic (exact) mass is 271 g/mol. The zero-order chi connectivity index (χ0) is 13.9. The van der Waals surface area contributed by atoms with Gasteiger partial charge in [-0.15, -0.1) is 0 Å². The van der Waals surface area contributed by atoms with Crippen molar-refractivity contribution in [3.8, 4) is 5.75 Å². The van der Waals surface area contributed by atoms with Crippen molar-refractivity contribution in [1.82, 2.24) is 5.32 Å². The maximum absolute atomic E-state index is 13.4. The zero-order valence-corrected chi connectivity index (χ0v) is 10.8. The van der Waals surface area contributed by atoms with Crippen LogP contribution in [0.15, 0.2) is 48.5 Å². The van der Waals surface area contributed by atoms with Crippen LogP contribution in [-0.2, 0) is 17.8 Å². The summed E-state index contributed by atoms with van der Waals surface area (Å²) in [4.78, 5) is 12.0. The topological polar surface area (TPSA) is 38.3 Å². The third-order valence-electron chi connectivity index (χ3n) is 3.35. The Hall–Kier alpha value is -2.36. The van der Waals surface area contributed by atoms with Gasteiger partial charge in [-0.3, -0.25) is 4.79 Å². The summed E-state index contributed by atoms with van der Waals surface area (Å²) < 4.78 is 19.0. The first-order valence-corrected chi connectivity index (χ1v) is 6.50. The van der Waals surface area contributed by atoms with Gasteiger partial charge in [-0.25, -0.2) is 4.39 Å². The number of benzene rings is 2. The van der Waals surface area contributed by atoms with Crippen LogP contribution >= 0.6 is 0 Å². The number of halogens is 1. The van der Waals surface area contributed by atoms with E-state index in [-0.39, 0.29) is 18.3 Å². The SMILES string of the molecule is O=C(NCc1ccccc1F)[C@H]1Cc2ccccc2O1. The summed E-state index contributed by atoms with van der Waals surface area (Å²) >= 11 is 0. The number of hydrogen-bond acceptors (Lipinski definition) is 2. The van der Waals surface area contributed by atoms with Gasteiger partial charge in [0, 0.05) is 18.5 Å². The van der Waals surface area contributed by atoms with Crippen LogP contribution in [-0.4, -0.2) is 12.0 Å². The molecule has 4 heteroatoms. The molecule has 0 radical (unpaired) electrons. The third kappa shape index (κ3) is 2.50. The molecule has 102 valence electrons. The van der Waals surface area contributed by atoms with Gasteiger partial charge in [0.15, 0.2) is 6.10 Å². The van der Waals surface area contributed by atoms with E-state index in [0.29, 0.717) is 12.0 Å². The minimum Gasteiger partial charge on any atom is -0.480 e. The molecule has 1 heterocycles. The second kappa shape index (κ2) is 5.33. The Morgan fingerprint density at radius 1 is 1.20 bits per heavy atom. The number of carbonyl (C=O) groups is 1. The number of amides is 1. The first-order chi connectivity index (χ1) is 9.74. The van der Waals surface area contributed by atoms with Gasteiger partial charge in [-0.1, -0.05) is 36.4 Å². The standard InChI is InChI=1S/C16H14FNO2/c17-13-7-3-1-6-12(13)10-18-16(19)15-9-11-5-2-4-8-14(11)20-15/h1-8,15H,9-10H2,(H,18,19)/t15-/m1/s1. The highest BCUT2D eigenvalue weighted by atomic mass is 19.1. The number of nitrogens with one attached hydrogen (secondary N) is 1. The average Bonchev–Trinajstić information content (AvgIpc) is 2.90. The molecule has 0 fully saturated rings. The maximum atomic E-state index is 13.4. The van der Waals surface area contributed by atoms with Gasteiger partial charge in [-0.05, 0) is 17.7 Å². The fourth-order valence-corrected chi connectivity index (χ4v) is 2.27. The summed E-state index contributed by atoms with van der Waals surface area (Å²) in [6.07, 6.45) is 0.0263. The molecule has 0 aliphatic carbocycles. The van der Waals surface area contributed by atoms with E-state index < -0.39 is 6.10 Å². The smallest absolute Gasteiger partial charge is 0.261 e. The van der Waals surface area contributed by atoms with Crippen molar-refractivity contribution in [3.63, 3.8) is 0 Å². The van der Waals surface area contributed by atoms with Gasteiger partial charge in [0.05, 0.1) is 0 Å². The molecule has 20 heavy (non-hydrogen) atoms. The van der Waals surface area contributed by atoms with Crippen molar-refractivity contribution < 1.29 is 13.9 Å². The van der Waals surface area contributed by atoms with Crippen LogP contribution in [0.4, 0.5) is 4.39 Å². The summed E-state index contributed by atoms with van der Waals surface area (Å²) in [5, 5.41) is 2.71. The number of fused-ring (bicyclic) bond motifs is 1. The van der Waals surface area contributed by atoms with Crippen molar-refractivity contribution in [2.75, 3.05) is 0 Å². The Morgan fingerprint density at radius 2 is 1.95 bits per heavy atom. The van der Waals surface area contributed by atoms with Crippen LogP contribution in [0.1, 0.15) is 11.1 Å². The number of carbonyl (C=O) groups excluding carboxylic acids is 1. The Morgan fingerprint density at radius 3 is 2.75 bits per heavy atom. The van der Waals surface area contributed by atoms with Crippen LogP contribution in [0.5, 0.6) is 5.75 Å².